The lowest BCUT2D eigenvalue weighted by Gasteiger charge is -2.30. The zero-order valence-electron chi connectivity index (χ0n) is 13.4. The first-order chi connectivity index (χ1) is 10.8. The number of aromatic nitrogens is 3. The molecule has 0 radical (unpaired) electrons. The molecule has 0 aromatic carbocycles. The molecule has 3 aliphatic rings. The molecule has 22 heavy (non-hydrogen) atoms. The number of hydrogen-bond donors (Lipinski definition) is 0. The van der Waals surface area contributed by atoms with Gasteiger partial charge in [0.05, 0.1) is 12.6 Å². The third kappa shape index (κ3) is 2.72. The van der Waals surface area contributed by atoms with E-state index in [1.54, 1.807) is 0 Å². The molecule has 1 aliphatic carbocycles. The van der Waals surface area contributed by atoms with Gasteiger partial charge in [0.15, 0.2) is 5.82 Å². The molecule has 0 amide bonds. The van der Waals surface area contributed by atoms with Crippen LogP contribution in [0.5, 0.6) is 0 Å². The van der Waals surface area contributed by atoms with Crippen LogP contribution in [0.4, 0.5) is 0 Å². The van der Waals surface area contributed by atoms with Gasteiger partial charge in [-0.2, -0.15) is 5.10 Å². The summed E-state index contributed by atoms with van der Waals surface area (Å²) in [5, 5.41) is 4.96. The molecule has 5 heteroatoms. The Morgan fingerprint density at radius 1 is 1.09 bits per heavy atom. The monoisotopic (exact) mass is 302 g/mol. The van der Waals surface area contributed by atoms with Gasteiger partial charge in [-0.05, 0) is 52.2 Å². The van der Waals surface area contributed by atoms with E-state index in [0.717, 1.165) is 51.4 Å². The summed E-state index contributed by atoms with van der Waals surface area (Å²) in [6.07, 6.45) is 10.3. The number of rotatable bonds is 3. The Kier molecular flexibility index (Phi) is 4.01. The minimum Gasteiger partial charge on any atom is -0.381 e. The molecule has 2 aliphatic heterocycles. The topological polar surface area (TPSA) is 43.2 Å². The smallest absolute Gasteiger partial charge is 0.156 e. The van der Waals surface area contributed by atoms with Crippen LogP contribution in [0.15, 0.2) is 12.2 Å². The van der Waals surface area contributed by atoms with E-state index in [-0.39, 0.29) is 0 Å². The van der Waals surface area contributed by atoms with Crippen molar-refractivity contribution in [1.29, 1.82) is 0 Å². The van der Waals surface area contributed by atoms with Crippen molar-refractivity contribution in [3.63, 3.8) is 0 Å². The van der Waals surface area contributed by atoms with Gasteiger partial charge in [-0.15, -0.1) is 0 Å². The van der Waals surface area contributed by atoms with Gasteiger partial charge in [-0.1, -0.05) is 12.2 Å². The summed E-state index contributed by atoms with van der Waals surface area (Å²) in [5.41, 5.74) is 0. The Bertz CT molecular complexity index is 531. The maximum Gasteiger partial charge on any atom is 0.156 e. The molecule has 0 unspecified atom stereocenters. The fourth-order valence-electron chi connectivity index (χ4n) is 3.88. The number of ether oxygens (including phenoxy) is 1. The lowest BCUT2D eigenvalue weighted by atomic mass is 10.0. The van der Waals surface area contributed by atoms with Crippen molar-refractivity contribution in [2.45, 2.75) is 50.0 Å². The van der Waals surface area contributed by atoms with E-state index in [1.807, 2.05) is 0 Å². The van der Waals surface area contributed by atoms with Crippen molar-refractivity contribution in [3.8, 4) is 0 Å². The predicted octanol–water partition coefficient (Wildman–Crippen LogP) is 2.48. The first kappa shape index (κ1) is 14.4. The van der Waals surface area contributed by atoms with E-state index in [4.69, 9.17) is 14.8 Å². The molecule has 1 atom stereocenters. The van der Waals surface area contributed by atoms with Crippen LogP contribution in [-0.4, -0.2) is 53.0 Å². The van der Waals surface area contributed by atoms with E-state index in [0.29, 0.717) is 17.9 Å². The van der Waals surface area contributed by atoms with E-state index < -0.39 is 0 Å². The van der Waals surface area contributed by atoms with Crippen molar-refractivity contribution >= 4 is 0 Å². The van der Waals surface area contributed by atoms with Gasteiger partial charge in [0.1, 0.15) is 5.82 Å². The molecule has 0 spiro atoms. The number of nitrogens with zero attached hydrogens (tertiary/aromatic N) is 4. The zero-order chi connectivity index (χ0) is 14.9. The molecule has 2 fully saturated rings. The van der Waals surface area contributed by atoms with Crippen molar-refractivity contribution in [2.75, 3.05) is 33.4 Å². The summed E-state index contributed by atoms with van der Waals surface area (Å²) in [6.45, 7) is 3.97. The molecule has 1 aromatic rings. The van der Waals surface area contributed by atoms with Crippen LogP contribution in [0.25, 0.3) is 0 Å². The second-order valence-corrected chi connectivity index (χ2v) is 7.01. The first-order valence-corrected chi connectivity index (χ1v) is 8.69. The Morgan fingerprint density at radius 2 is 1.86 bits per heavy atom. The average molecular weight is 302 g/mol. The van der Waals surface area contributed by atoms with Gasteiger partial charge in [-0.25, -0.2) is 9.67 Å². The Morgan fingerprint density at radius 3 is 2.55 bits per heavy atom. The van der Waals surface area contributed by atoms with Crippen molar-refractivity contribution < 1.29 is 4.74 Å². The van der Waals surface area contributed by atoms with E-state index in [9.17, 15) is 0 Å². The molecule has 0 saturated carbocycles. The largest absolute Gasteiger partial charge is 0.381 e. The number of hydrogen-bond acceptors (Lipinski definition) is 4. The maximum atomic E-state index is 5.54. The third-order valence-corrected chi connectivity index (χ3v) is 5.38. The van der Waals surface area contributed by atoms with Gasteiger partial charge < -0.3 is 9.64 Å². The summed E-state index contributed by atoms with van der Waals surface area (Å²) >= 11 is 0. The van der Waals surface area contributed by atoms with Crippen LogP contribution in [-0.2, 0) is 4.74 Å². The average Bonchev–Trinajstić information content (AvgIpc) is 3.27. The molecule has 3 heterocycles. The fraction of sp³-hybridized carbons (Fsp3) is 0.765. The lowest BCUT2D eigenvalue weighted by molar-refractivity contribution is 0.192. The van der Waals surface area contributed by atoms with Crippen LogP contribution in [0.1, 0.15) is 61.6 Å². The molecule has 4 rings (SSSR count). The van der Waals surface area contributed by atoms with Crippen molar-refractivity contribution in [3.05, 3.63) is 23.8 Å². The van der Waals surface area contributed by atoms with E-state index in [1.165, 1.54) is 18.7 Å². The second-order valence-electron chi connectivity index (χ2n) is 7.01. The minimum atomic E-state index is 0.403. The summed E-state index contributed by atoms with van der Waals surface area (Å²) in [5.74, 6) is 3.18. The summed E-state index contributed by atoms with van der Waals surface area (Å²) in [7, 11) is 2.21. The van der Waals surface area contributed by atoms with Crippen LogP contribution >= 0.6 is 0 Å². The molecule has 120 valence electrons. The van der Waals surface area contributed by atoms with Crippen molar-refractivity contribution in [2.24, 2.45) is 0 Å². The normalized spacial score (nSPS) is 28.0. The van der Waals surface area contributed by atoms with Gasteiger partial charge in [-0.3, -0.25) is 0 Å². The third-order valence-electron chi connectivity index (χ3n) is 5.38. The van der Waals surface area contributed by atoms with E-state index >= 15 is 0 Å². The van der Waals surface area contributed by atoms with Crippen LogP contribution in [0, 0.1) is 0 Å². The van der Waals surface area contributed by atoms with Gasteiger partial charge >= 0.3 is 0 Å². The first-order valence-electron chi connectivity index (χ1n) is 8.69. The fourth-order valence-corrected chi connectivity index (χ4v) is 3.88. The molecule has 1 aromatic heterocycles. The molecule has 0 N–H and O–H groups in total. The summed E-state index contributed by atoms with van der Waals surface area (Å²) < 4.78 is 7.83. The highest BCUT2D eigenvalue weighted by molar-refractivity contribution is 5.13. The summed E-state index contributed by atoms with van der Waals surface area (Å²) in [4.78, 5) is 7.40. The molecular weight excluding hydrogens is 276 g/mol. The predicted molar refractivity (Wildman–Crippen MR) is 85.1 cm³/mol. The quantitative estimate of drug-likeness (QED) is 0.805. The summed E-state index contributed by atoms with van der Waals surface area (Å²) in [6, 6.07) is 0.523. The Balaban J connectivity index is 1.62. The van der Waals surface area contributed by atoms with Gasteiger partial charge in [0.25, 0.3) is 0 Å². The SMILES string of the molecule is CN1CCC(n2nc([C@H]3CCOC3)nc2C2CC=CC2)CC1. The lowest BCUT2D eigenvalue weighted by Crippen LogP contribution is -2.32. The van der Waals surface area contributed by atoms with Crippen LogP contribution < -0.4 is 0 Å². The zero-order valence-corrected chi connectivity index (χ0v) is 13.4. The number of likely N-dealkylation sites (tertiary alicyclic amines) is 1. The highest BCUT2D eigenvalue weighted by atomic mass is 16.5. The number of piperidine rings is 1. The maximum absolute atomic E-state index is 5.54. The van der Waals surface area contributed by atoms with Gasteiger partial charge in [0.2, 0.25) is 0 Å². The molecule has 2 saturated heterocycles. The highest BCUT2D eigenvalue weighted by Crippen LogP contribution is 2.34. The standard InChI is InChI=1S/C17H26N4O/c1-20-9-6-15(7-10-20)21-17(13-4-2-3-5-13)18-16(19-21)14-8-11-22-12-14/h2-3,13-15H,4-12H2,1H3/t14-/m0/s1. The second kappa shape index (κ2) is 6.13. The van der Waals surface area contributed by atoms with Crippen LogP contribution in [0.3, 0.4) is 0 Å². The van der Waals surface area contributed by atoms with Crippen LogP contribution in [0.2, 0.25) is 0 Å². The minimum absolute atomic E-state index is 0.403. The molecular formula is C17H26N4O. The van der Waals surface area contributed by atoms with E-state index in [2.05, 4.69) is 28.8 Å². The Labute approximate surface area is 132 Å². The molecule has 5 nitrogen and oxygen atoms in total. The number of allylic oxidation sites excluding steroid dienone is 2. The Hall–Kier alpha value is -1.20. The molecule has 0 bridgehead atoms. The van der Waals surface area contributed by atoms with Crippen molar-refractivity contribution in [1.82, 2.24) is 19.7 Å². The highest BCUT2D eigenvalue weighted by Gasteiger charge is 2.30. The van der Waals surface area contributed by atoms with Gasteiger partial charge in [0, 0.05) is 18.4 Å².